The Hall–Kier alpha value is -2.53. The average Bonchev–Trinajstić information content (AvgIpc) is 3.24. The van der Waals surface area contributed by atoms with Gasteiger partial charge in [0.1, 0.15) is 5.82 Å². The average molecular weight is 570 g/mol. The number of carbonyl (C=O) groups excluding carboxylic acids is 2. The molecule has 0 radical (unpaired) electrons. The molecule has 4 saturated heterocycles. The molecule has 5 aliphatic rings. The van der Waals surface area contributed by atoms with Crippen LogP contribution in [0.3, 0.4) is 0 Å². The van der Waals surface area contributed by atoms with E-state index in [1.54, 1.807) is 0 Å². The number of rotatable bonds is 10. The second kappa shape index (κ2) is 11.6. The maximum Gasteiger partial charge on any atom is 0.308 e. The Bertz CT molecular complexity index is 1220. The molecule has 224 valence electrons. The standard InChI is InChI=1S/C31H43N3O7/c1-19-12-13-22-20(2)28(38-29-31(22)21(19)16-17-30(3,39-29)40-41-31)37-27(36)15-14-26(35)32-18-8-4-5-11-25-33-23-9-6-7-10-24(23)34-25/h6-7,9-10,19-22,28-29H,4-5,8,11-18H2,1-3H3,(H,32,35)(H,33,34)/t19-,20-,21+,22-,28+,29-,30-,31-/m1/s1. The number of amides is 1. The van der Waals surface area contributed by atoms with Gasteiger partial charge in [0.15, 0.2) is 11.9 Å². The summed E-state index contributed by atoms with van der Waals surface area (Å²) in [5.41, 5.74) is 1.35. The van der Waals surface area contributed by atoms with E-state index in [2.05, 4.69) is 22.2 Å². The Morgan fingerprint density at radius 1 is 1.07 bits per heavy atom. The fourth-order valence-electron chi connectivity index (χ4n) is 7.45. The number of esters is 1. The van der Waals surface area contributed by atoms with Crippen LogP contribution in [0.5, 0.6) is 0 Å². The summed E-state index contributed by atoms with van der Waals surface area (Å²) in [6, 6.07) is 8.02. The lowest BCUT2D eigenvalue weighted by atomic mass is 9.58. The summed E-state index contributed by atoms with van der Waals surface area (Å²) in [6.45, 7) is 6.77. The number of nitrogens with zero attached hydrogens (tertiary/aromatic N) is 1. The zero-order valence-electron chi connectivity index (χ0n) is 24.4. The predicted molar refractivity (Wildman–Crippen MR) is 149 cm³/mol. The molecule has 1 amide bonds. The van der Waals surface area contributed by atoms with E-state index < -0.39 is 29.9 Å². The number of fused-ring (bicyclic) bond motifs is 3. The highest BCUT2D eigenvalue weighted by Gasteiger charge is 2.69. The van der Waals surface area contributed by atoms with Crippen molar-refractivity contribution in [3.63, 3.8) is 0 Å². The van der Waals surface area contributed by atoms with Crippen molar-refractivity contribution in [3.05, 3.63) is 30.1 Å². The summed E-state index contributed by atoms with van der Waals surface area (Å²) in [5.74, 6) is 0.232. The van der Waals surface area contributed by atoms with Gasteiger partial charge in [-0.05, 0) is 63.0 Å². The second-order valence-corrected chi connectivity index (χ2v) is 12.6. The Labute approximate surface area is 241 Å². The first-order valence-corrected chi connectivity index (χ1v) is 15.4. The smallest absolute Gasteiger partial charge is 0.308 e. The van der Waals surface area contributed by atoms with Gasteiger partial charge in [-0.15, -0.1) is 0 Å². The normalized spacial score (nSPS) is 36.0. The van der Waals surface area contributed by atoms with Crippen molar-refractivity contribution < 1.29 is 33.6 Å². The molecule has 41 heavy (non-hydrogen) atoms. The molecule has 0 unspecified atom stereocenters. The third-order valence-corrected chi connectivity index (χ3v) is 9.75. The van der Waals surface area contributed by atoms with Crippen molar-refractivity contribution in [2.75, 3.05) is 6.54 Å². The van der Waals surface area contributed by atoms with Crippen LogP contribution in [0.1, 0.15) is 84.4 Å². The van der Waals surface area contributed by atoms with E-state index in [0.29, 0.717) is 12.5 Å². The number of hydrogen-bond acceptors (Lipinski definition) is 8. The van der Waals surface area contributed by atoms with E-state index in [-0.39, 0.29) is 36.5 Å². The Morgan fingerprint density at radius 3 is 2.78 bits per heavy atom. The molecule has 2 aromatic rings. The third-order valence-electron chi connectivity index (χ3n) is 9.75. The number of aryl methyl sites for hydroxylation is 1. The maximum absolute atomic E-state index is 12.8. The summed E-state index contributed by atoms with van der Waals surface area (Å²) in [7, 11) is 0. The highest BCUT2D eigenvalue weighted by atomic mass is 17.3. The number of carbonyl (C=O) groups is 2. The van der Waals surface area contributed by atoms with Gasteiger partial charge in [0.2, 0.25) is 18.0 Å². The molecule has 10 nitrogen and oxygen atoms in total. The number of imidazole rings is 1. The van der Waals surface area contributed by atoms with Crippen LogP contribution in [0.4, 0.5) is 0 Å². The van der Waals surface area contributed by atoms with Gasteiger partial charge in [-0.3, -0.25) is 9.59 Å². The van der Waals surface area contributed by atoms with E-state index in [1.807, 2.05) is 38.1 Å². The highest BCUT2D eigenvalue weighted by Crippen LogP contribution is 2.60. The monoisotopic (exact) mass is 569 g/mol. The van der Waals surface area contributed by atoms with Crippen molar-refractivity contribution in [1.82, 2.24) is 15.3 Å². The molecule has 2 bridgehead atoms. The van der Waals surface area contributed by atoms with Crippen molar-refractivity contribution in [1.29, 1.82) is 0 Å². The van der Waals surface area contributed by atoms with Crippen molar-refractivity contribution in [2.24, 2.45) is 23.7 Å². The number of unbranched alkanes of at least 4 members (excludes halogenated alkanes) is 2. The van der Waals surface area contributed by atoms with E-state index in [9.17, 15) is 9.59 Å². The number of aromatic amines is 1. The fraction of sp³-hybridized carbons (Fsp3) is 0.710. The lowest BCUT2D eigenvalue weighted by Crippen LogP contribution is -2.70. The quantitative estimate of drug-likeness (QED) is 0.235. The zero-order valence-corrected chi connectivity index (χ0v) is 24.4. The highest BCUT2D eigenvalue weighted by molar-refractivity contribution is 5.81. The minimum absolute atomic E-state index is 0.00276. The van der Waals surface area contributed by atoms with Crippen LogP contribution >= 0.6 is 0 Å². The Balaban J connectivity index is 0.926. The summed E-state index contributed by atoms with van der Waals surface area (Å²) in [5, 5.41) is 2.92. The van der Waals surface area contributed by atoms with Crippen molar-refractivity contribution in [3.8, 4) is 0 Å². The lowest BCUT2D eigenvalue weighted by Gasteiger charge is -2.59. The first-order chi connectivity index (χ1) is 19.8. The summed E-state index contributed by atoms with van der Waals surface area (Å²) < 4.78 is 18.4. The van der Waals surface area contributed by atoms with Crippen LogP contribution in [-0.2, 0) is 40.0 Å². The number of ether oxygens (including phenoxy) is 3. The van der Waals surface area contributed by atoms with Crippen LogP contribution in [0.25, 0.3) is 11.0 Å². The molecule has 7 rings (SSSR count). The molecule has 1 aromatic carbocycles. The van der Waals surface area contributed by atoms with Crippen LogP contribution in [-0.4, -0.2) is 52.4 Å². The molecule has 1 aromatic heterocycles. The van der Waals surface area contributed by atoms with Gasteiger partial charge in [-0.25, -0.2) is 14.8 Å². The fourth-order valence-corrected chi connectivity index (χ4v) is 7.45. The molecule has 4 aliphatic heterocycles. The molecule has 1 saturated carbocycles. The van der Waals surface area contributed by atoms with Gasteiger partial charge in [0, 0.05) is 37.6 Å². The number of hydrogen-bond donors (Lipinski definition) is 2. The minimum atomic E-state index is -0.877. The largest absolute Gasteiger partial charge is 0.435 e. The van der Waals surface area contributed by atoms with Crippen molar-refractivity contribution >= 4 is 22.9 Å². The van der Waals surface area contributed by atoms with Crippen LogP contribution in [0.15, 0.2) is 24.3 Å². The van der Waals surface area contributed by atoms with Crippen molar-refractivity contribution in [2.45, 2.75) is 109 Å². The topological polar surface area (TPSA) is 121 Å². The van der Waals surface area contributed by atoms with Gasteiger partial charge in [-0.2, -0.15) is 0 Å². The van der Waals surface area contributed by atoms with E-state index in [0.717, 1.165) is 68.2 Å². The molecule has 2 N–H and O–H groups in total. The van der Waals surface area contributed by atoms with Gasteiger partial charge >= 0.3 is 5.97 Å². The van der Waals surface area contributed by atoms with E-state index in [4.69, 9.17) is 24.0 Å². The van der Waals surface area contributed by atoms with Gasteiger partial charge < -0.3 is 24.5 Å². The van der Waals surface area contributed by atoms with E-state index in [1.165, 1.54) is 0 Å². The van der Waals surface area contributed by atoms with E-state index >= 15 is 0 Å². The minimum Gasteiger partial charge on any atom is -0.435 e. The van der Waals surface area contributed by atoms with Gasteiger partial charge in [0.25, 0.3) is 0 Å². The molecule has 1 aliphatic carbocycles. The molecule has 5 fully saturated rings. The SMILES string of the molecule is C[C@H]1[C@@H](OC(=O)CCC(=O)NCCCCCc2nc3ccccc3[nH]2)O[C@@H]2O[C@@]3(C)CC[C@H]4[C@H](C)CC[C@H]1[C@@]24OO3. The first-order valence-electron chi connectivity index (χ1n) is 15.4. The molecular formula is C31H43N3O7. The molecule has 1 spiro atoms. The van der Waals surface area contributed by atoms with Crippen LogP contribution in [0.2, 0.25) is 0 Å². The first kappa shape index (κ1) is 28.6. The number of nitrogens with one attached hydrogen (secondary N) is 2. The number of H-pyrrole nitrogens is 1. The molecule has 10 heteroatoms. The molecular weight excluding hydrogens is 526 g/mol. The van der Waals surface area contributed by atoms with Gasteiger partial charge in [0.05, 0.1) is 17.5 Å². The predicted octanol–water partition coefficient (Wildman–Crippen LogP) is 4.92. The number of benzene rings is 1. The lowest BCUT2D eigenvalue weighted by molar-refractivity contribution is -0.576. The summed E-state index contributed by atoms with van der Waals surface area (Å²) in [6.07, 6.45) is 6.08. The number of para-hydroxylation sites is 2. The Kier molecular flexibility index (Phi) is 8.11. The number of aromatic nitrogens is 2. The third kappa shape index (κ3) is 5.63. The van der Waals surface area contributed by atoms with Crippen LogP contribution in [0, 0.1) is 23.7 Å². The Morgan fingerprint density at radius 2 is 1.93 bits per heavy atom. The summed E-state index contributed by atoms with van der Waals surface area (Å²) >= 11 is 0. The second-order valence-electron chi connectivity index (χ2n) is 12.6. The maximum atomic E-state index is 12.8. The van der Waals surface area contributed by atoms with Crippen LogP contribution < -0.4 is 5.32 Å². The molecule has 5 heterocycles. The molecule has 8 atom stereocenters. The zero-order chi connectivity index (χ0) is 28.6. The summed E-state index contributed by atoms with van der Waals surface area (Å²) in [4.78, 5) is 45.1. The van der Waals surface area contributed by atoms with Gasteiger partial charge in [-0.1, -0.05) is 32.4 Å².